The number of likely N-dealkylation sites (tertiary alicyclic amines) is 1. The van der Waals surface area contributed by atoms with Crippen molar-refractivity contribution in [3.05, 3.63) is 65.9 Å². The summed E-state index contributed by atoms with van der Waals surface area (Å²) in [6.45, 7) is 4.99. The van der Waals surface area contributed by atoms with Gasteiger partial charge in [-0.05, 0) is 48.1 Å². The van der Waals surface area contributed by atoms with Crippen molar-refractivity contribution in [1.29, 1.82) is 0 Å². The number of hydrogen-bond acceptors (Lipinski definition) is 2. The fourth-order valence-corrected chi connectivity index (χ4v) is 4.33. The Labute approximate surface area is 183 Å². The SMILES string of the molecule is CCC(=O)N1CCC(F)(Cc2ccc(-c3ccc4cccnc4c3C)cc2)CC1.Cl. The molecule has 2 heterocycles. The van der Waals surface area contributed by atoms with Crippen LogP contribution in [0.15, 0.2) is 54.7 Å². The number of pyridine rings is 1. The Balaban J connectivity index is 0.00000256. The van der Waals surface area contributed by atoms with Crippen LogP contribution in [0.2, 0.25) is 0 Å². The van der Waals surface area contributed by atoms with E-state index < -0.39 is 5.67 Å². The van der Waals surface area contributed by atoms with Crippen molar-refractivity contribution in [2.45, 2.75) is 45.2 Å². The number of carbonyl (C=O) groups is 1. The van der Waals surface area contributed by atoms with Gasteiger partial charge < -0.3 is 4.90 Å². The molecule has 0 N–H and O–H groups in total. The molecule has 30 heavy (non-hydrogen) atoms. The number of halogens is 2. The summed E-state index contributed by atoms with van der Waals surface area (Å²) in [4.78, 5) is 18.1. The largest absolute Gasteiger partial charge is 0.342 e. The Morgan fingerprint density at radius 3 is 2.47 bits per heavy atom. The third kappa shape index (κ3) is 4.49. The zero-order chi connectivity index (χ0) is 20.4. The lowest BCUT2D eigenvalue weighted by molar-refractivity contribution is -0.133. The van der Waals surface area contributed by atoms with Crippen molar-refractivity contribution < 1.29 is 9.18 Å². The maximum Gasteiger partial charge on any atom is 0.222 e. The van der Waals surface area contributed by atoms with Gasteiger partial charge in [-0.15, -0.1) is 12.4 Å². The molecule has 3 nitrogen and oxygen atoms in total. The number of piperidine rings is 1. The molecular formula is C25H28ClFN2O. The molecule has 0 radical (unpaired) electrons. The van der Waals surface area contributed by atoms with Crippen LogP contribution in [0.1, 0.15) is 37.3 Å². The van der Waals surface area contributed by atoms with Crippen LogP contribution >= 0.6 is 12.4 Å². The molecule has 1 aromatic heterocycles. The van der Waals surface area contributed by atoms with E-state index in [9.17, 15) is 4.79 Å². The van der Waals surface area contributed by atoms with Gasteiger partial charge in [-0.2, -0.15) is 0 Å². The average Bonchev–Trinajstić information content (AvgIpc) is 2.75. The molecule has 3 aromatic rings. The van der Waals surface area contributed by atoms with E-state index in [1.807, 2.05) is 31.3 Å². The molecule has 1 saturated heterocycles. The fourth-order valence-electron chi connectivity index (χ4n) is 4.33. The first kappa shape index (κ1) is 22.2. The number of carbonyl (C=O) groups excluding carboxylic acids is 1. The first-order valence-corrected chi connectivity index (χ1v) is 10.4. The van der Waals surface area contributed by atoms with Gasteiger partial charge in [0.05, 0.1) is 5.52 Å². The van der Waals surface area contributed by atoms with Crippen LogP contribution in [0.25, 0.3) is 22.0 Å². The van der Waals surface area contributed by atoms with Crippen molar-refractivity contribution in [3.8, 4) is 11.1 Å². The van der Waals surface area contributed by atoms with Crippen LogP contribution in [0.4, 0.5) is 4.39 Å². The monoisotopic (exact) mass is 426 g/mol. The standard InChI is InChI=1S/C25H27FN2O.ClH/c1-3-23(29)28-15-12-25(26,13-16-28)17-19-6-8-20(9-7-19)22-11-10-21-5-4-14-27-24(21)18(22)2;/h4-11,14H,3,12-13,15-17H2,1-2H3;1H. The predicted octanol–water partition coefficient (Wildman–Crippen LogP) is 5.92. The molecule has 0 atom stereocenters. The van der Waals surface area contributed by atoms with Crippen molar-refractivity contribution in [1.82, 2.24) is 9.88 Å². The van der Waals surface area contributed by atoms with Crippen molar-refractivity contribution in [2.75, 3.05) is 13.1 Å². The molecule has 0 bridgehead atoms. The highest BCUT2D eigenvalue weighted by Crippen LogP contribution is 2.33. The summed E-state index contributed by atoms with van der Waals surface area (Å²) >= 11 is 0. The summed E-state index contributed by atoms with van der Waals surface area (Å²) in [6.07, 6.45) is 3.54. The first-order valence-electron chi connectivity index (χ1n) is 10.4. The molecule has 1 aliphatic rings. The van der Waals surface area contributed by atoms with E-state index in [1.54, 1.807) is 4.90 Å². The second-order valence-corrected chi connectivity index (χ2v) is 8.07. The van der Waals surface area contributed by atoms with Crippen molar-refractivity contribution in [2.24, 2.45) is 0 Å². The minimum absolute atomic E-state index is 0. The quantitative estimate of drug-likeness (QED) is 0.519. The lowest BCUT2D eigenvalue weighted by Crippen LogP contribution is -2.45. The highest BCUT2D eigenvalue weighted by Gasteiger charge is 2.35. The van der Waals surface area contributed by atoms with E-state index in [-0.39, 0.29) is 18.3 Å². The molecular weight excluding hydrogens is 399 g/mol. The van der Waals surface area contributed by atoms with E-state index >= 15 is 4.39 Å². The highest BCUT2D eigenvalue weighted by atomic mass is 35.5. The van der Waals surface area contributed by atoms with Gasteiger partial charge in [0.1, 0.15) is 5.67 Å². The van der Waals surface area contributed by atoms with Gasteiger partial charge in [-0.3, -0.25) is 9.78 Å². The minimum atomic E-state index is -1.23. The Morgan fingerprint density at radius 1 is 1.10 bits per heavy atom. The molecule has 0 spiro atoms. The minimum Gasteiger partial charge on any atom is -0.342 e. The number of aromatic nitrogens is 1. The molecule has 0 unspecified atom stereocenters. The molecule has 158 valence electrons. The van der Waals surface area contributed by atoms with E-state index in [0.29, 0.717) is 38.8 Å². The summed E-state index contributed by atoms with van der Waals surface area (Å²) < 4.78 is 15.3. The van der Waals surface area contributed by atoms with Crippen molar-refractivity contribution >= 4 is 29.2 Å². The van der Waals surface area contributed by atoms with E-state index in [4.69, 9.17) is 0 Å². The van der Waals surface area contributed by atoms with Crippen LogP contribution < -0.4 is 0 Å². The Hall–Kier alpha value is -2.46. The maximum absolute atomic E-state index is 15.3. The number of amides is 1. The summed E-state index contributed by atoms with van der Waals surface area (Å²) in [5.41, 5.74) is 4.23. The number of nitrogens with zero attached hydrogens (tertiary/aromatic N) is 2. The van der Waals surface area contributed by atoms with Gasteiger partial charge in [0, 0.05) is 37.5 Å². The number of alkyl halides is 1. The lowest BCUT2D eigenvalue weighted by Gasteiger charge is -2.36. The number of aryl methyl sites for hydroxylation is 1. The van der Waals surface area contributed by atoms with Gasteiger partial charge in [0.25, 0.3) is 0 Å². The first-order chi connectivity index (χ1) is 14.0. The molecule has 5 heteroatoms. The zero-order valence-corrected chi connectivity index (χ0v) is 18.3. The molecule has 2 aromatic carbocycles. The van der Waals surface area contributed by atoms with Crippen LogP contribution in [-0.4, -0.2) is 34.5 Å². The average molecular weight is 427 g/mol. The van der Waals surface area contributed by atoms with Gasteiger partial charge in [0.2, 0.25) is 5.91 Å². The molecule has 1 amide bonds. The maximum atomic E-state index is 15.3. The van der Waals surface area contributed by atoms with E-state index in [1.165, 1.54) is 0 Å². The number of hydrogen-bond donors (Lipinski definition) is 0. The van der Waals surface area contributed by atoms with Gasteiger partial charge >= 0.3 is 0 Å². The summed E-state index contributed by atoms with van der Waals surface area (Å²) in [5, 5.41) is 1.14. The second kappa shape index (κ2) is 9.13. The van der Waals surface area contributed by atoms with Crippen LogP contribution in [-0.2, 0) is 11.2 Å². The summed E-state index contributed by atoms with van der Waals surface area (Å²) in [6, 6.07) is 16.5. The molecule has 4 rings (SSSR count). The normalized spacial score (nSPS) is 15.6. The van der Waals surface area contributed by atoms with E-state index in [0.717, 1.165) is 33.2 Å². The summed E-state index contributed by atoms with van der Waals surface area (Å²) in [7, 11) is 0. The van der Waals surface area contributed by atoms with Gasteiger partial charge in [-0.1, -0.05) is 49.4 Å². The Kier molecular flexibility index (Phi) is 6.77. The topological polar surface area (TPSA) is 33.2 Å². The predicted molar refractivity (Wildman–Crippen MR) is 123 cm³/mol. The number of benzene rings is 2. The molecule has 0 saturated carbocycles. The highest BCUT2D eigenvalue weighted by molar-refractivity contribution is 5.88. The van der Waals surface area contributed by atoms with Gasteiger partial charge in [0.15, 0.2) is 0 Å². The van der Waals surface area contributed by atoms with Crippen LogP contribution in [0.5, 0.6) is 0 Å². The zero-order valence-electron chi connectivity index (χ0n) is 17.5. The van der Waals surface area contributed by atoms with Crippen LogP contribution in [0.3, 0.4) is 0 Å². The lowest BCUT2D eigenvalue weighted by atomic mass is 9.86. The summed E-state index contributed by atoms with van der Waals surface area (Å²) in [5.74, 6) is 0.122. The second-order valence-electron chi connectivity index (χ2n) is 8.07. The molecule has 1 fully saturated rings. The van der Waals surface area contributed by atoms with Crippen LogP contribution in [0, 0.1) is 6.92 Å². The number of fused-ring (bicyclic) bond motifs is 1. The Bertz CT molecular complexity index is 1030. The van der Waals surface area contributed by atoms with Crippen molar-refractivity contribution in [3.63, 3.8) is 0 Å². The molecule has 1 aliphatic heterocycles. The van der Waals surface area contributed by atoms with E-state index in [2.05, 4.69) is 42.2 Å². The fraction of sp³-hybridized carbons (Fsp3) is 0.360. The molecule has 0 aliphatic carbocycles. The number of rotatable bonds is 4. The third-order valence-corrected chi connectivity index (χ3v) is 6.13. The van der Waals surface area contributed by atoms with Gasteiger partial charge in [-0.25, -0.2) is 4.39 Å². The smallest absolute Gasteiger partial charge is 0.222 e. The Morgan fingerprint density at radius 2 is 1.80 bits per heavy atom. The third-order valence-electron chi connectivity index (χ3n) is 6.13.